The molecule has 1 atom stereocenters. The number of benzene rings is 1. The van der Waals surface area contributed by atoms with E-state index < -0.39 is 12.1 Å². The van der Waals surface area contributed by atoms with Crippen LogP contribution in [0.4, 0.5) is 4.79 Å². The Bertz CT molecular complexity index is 711. The van der Waals surface area contributed by atoms with E-state index in [1.807, 2.05) is 30.3 Å². The molecular formula is C16H17N3O4. The number of fused-ring (bicyclic) bond motifs is 1. The first-order valence-electron chi connectivity index (χ1n) is 7.38. The number of nitrogens with one attached hydrogen (secondary N) is 1. The first-order valence-corrected chi connectivity index (χ1v) is 7.38. The predicted octanol–water partition coefficient (Wildman–Crippen LogP) is 1.82. The average Bonchev–Trinajstić information content (AvgIpc) is 2.97. The molecule has 1 unspecified atom stereocenters. The molecule has 1 aliphatic heterocycles. The Morgan fingerprint density at radius 2 is 2.13 bits per heavy atom. The number of carboxylic acid groups (broad SMARTS) is 1. The molecule has 0 saturated heterocycles. The molecule has 1 aromatic carbocycles. The van der Waals surface area contributed by atoms with Crippen molar-refractivity contribution in [1.82, 2.24) is 14.9 Å². The van der Waals surface area contributed by atoms with Gasteiger partial charge in [0.2, 0.25) is 0 Å². The van der Waals surface area contributed by atoms with Crippen LogP contribution >= 0.6 is 0 Å². The maximum atomic E-state index is 11.9. The second kappa shape index (κ2) is 6.51. The zero-order chi connectivity index (χ0) is 16.2. The number of aromatic carboxylic acids is 1. The topological polar surface area (TPSA) is 93.5 Å². The summed E-state index contributed by atoms with van der Waals surface area (Å²) in [5.41, 5.74) is 0.960. The van der Waals surface area contributed by atoms with Crippen molar-refractivity contribution in [1.29, 1.82) is 0 Å². The number of ether oxygens (including phenoxy) is 1. The van der Waals surface area contributed by atoms with Gasteiger partial charge in [-0.25, -0.2) is 14.6 Å². The number of hydrogen-bond donors (Lipinski definition) is 2. The average molecular weight is 315 g/mol. The zero-order valence-corrected chi connectivity index (χ0v) is 12.4. The van der Waals surface area contributed by atoms with Crippen LogP contribution in [0.3, 0.4) is 0 Å². The smallest absolute Gasteiger partial charge is 0.407 e. The number of carboxylic acids is 1. The Hall–Kier alpha value is -2.83. The van der Waals surface area contributed by atoms with Gasteiger partial charge in [-0.05, 0) is 12.0 Å². The van der Waals surface area contributed by atoms with Crippen LogP contribution in [0.15, 0.2) is 36.5 Å². The summed E-state index contributed by atoms with van der Waals surface area (Å²) in [5.74, 6) is -0.309. The summed E-state index contributed by atoms with van der Waals surface area (Å²) in [6.07, 6.45) is 2.36. The minimum Gasteiger partial charge on any atom is -0.476 e. The van der Waals surface area contributed by atoms with Crippen LogP contribution in [0, 0.1) is 0 Å². The Balaban J connectivity index is 1.52. The van der Waals surface area contributed by atoms with Gasteiger partial charge in [0.05, 0.1) is 6.04 Å². The zero-order valence-electron chi connectivity index (χ0n) is 12.4. The summed E-state index contributed by atoms with van der Waals surface area (Å²) in [5, 5.41) is 11.8. The lowest BCUT2D eigenvalue weighted by atomic mass is 10.1. The molecular weight excluding hydrogens is 298 g/mol. The molecule has 1 aliphatic rings. The number of nitrogens with zero attached hydrogens (tertiary/aromatic N) is 2. The van der Waals surface area contributed by atoms with Crippen LogP contribution in [-0.4, -0.2) is 32.8 Å². The summed E-state index contributed by atoms with van der Waals surface area (Å²) < 4.78 is 6.97. The molecule has 0 bridgehead atoms. The fourth-order valence-corrected chi connectivity index (χ4v) is 2.60. The molecule has 0 spiro atoms. The SMILES string of the molecule is O=C(NC1CCc2nc(C(=O)O)cn2C1)OCc1ccccc1. The number of alkyl carbamates (subject to hydrolysis) is 1. The second-order valence-corrected chi connectivity index (χ2v) is 5.44. The standard InChI is InChI=1S/C16H17N3O4/c20-15(21)13-9-19-8-12(6-7-14(19)18-13)17-16(22)23-10-11-4-2-1-3-5-11/h1-5,9,12H,6-8,10H2,(H,17,22)(H,20,21). The van der Waals surface area contributed by atoms with Crippen molar-refractivity contribution in [3.05, 3.63) is 53.6 Å². The quantitative estimate of drug-likeness (QED) is 0.897. The normalized spacial score (nSPS) is 16.4. The van der Waals surface area contributed by atoms with Crippen LogP contribution in [-0.2, 0) is 24.3 Å². The molecule has 7 heteroatoms. The number of hydrogen-bond acceptors (Lipinski definition) is 4. The lowest BCUT2D eigenvalue weighted by molar-refractivity contribution is 0.0690. The van der Waals surface area contributed by atoms with Gasteiger partial charge >= 0.3 is 12.1 Å². The van der Waals surface area contributed by atoms with Gasteiger partial charge in [-0.15, -0.1) is 0 Å². The highest BCUT2D eigenvalue weighted by Gasteiger charge is 2.23. The van der Waals surface area contributed by atoms with E-state index in [1.165, 1.54) is 6.20 Å². The van der Waals surface area contributed by atoms with Gasteiger partial charge in [0.1, 0.15) is 12.4 Å². The van der Waals surface area contributed by atoms with Crippen LogP contribution in [0.2, 0.25) is 0 Å². The Kier molecular flexibility index (Phi) is 4.27. The van der Waals surface area contributed by atoms with E-state index in [4.69, 9.17) is 9.84 Å². The number of rotatable bonds is 4. The highest BCUT2D eigenvalue weighted by atomic mass is 16.5. The molecule has 2 heterocycles. The van der Waals surface area contributed by atoms with Gasteiger partial charge < -0.3 is 19.7 Å². The minimum atomic E-state index is -1.04. The van der Waals surface area contributed by atoms with Crippen molar-refractivity contribution in [3.8, 4) is 0 Å². The molecule has 0 radical (unpaired) electrons. The van der Waals surface area contributed by atoms with E-state index in [0.717, 1.165) is 11.4 Å². The monoisotopic (exact) mass is 315 g/mol. The Morgan fingerprint density at radius 1 is 1.35 bits per heavy atom. The van der Waals surface area contributed by atoms with Crippen LogP contribution in [0.25, 0.3) is 0 Å². The predicted molar refractivity (Wildman–Crippen MR) is 81.1 cm³/mol. The van der Waals surface area contributed by atoms with Gasteiger partial charge in [-0.2, -0.15) is 0 Å². The molecule has 2 aromatic rings. The van der Waals surface area contributed by atoms with Crippen molar-refractivity contribution in [2.75, 3.05) is 0 Å². The van der Waals surface area contributed by atoms with Crippen molar-refractivity contribution in [3.63, 3.8) is 0 Å². The van der Waals surface area contributed by atoms with E-state index >= 15 is 0 Å². The van der Waals surface area contributed by atoms with E-state index in [9.17, 15) is 9.59 Å². The third-order valence-corrected chi connectivity index (χ3v) is 3.75. The van der Waals surface area contributed by atoms with Crippen LogP contribution < -0.4 is 5.32 Å². The summed E-state index contributed by atoms with van der Waals surface area (Å²) in [7, 11) is 0. The van der Waals surface area contributed by atoms with Gasteiger partial charge in [0, 0.05) is 19.2 Å². The van der Waals surface area contributed by atoms with Crippen molar-refractivity contribution >= 4 is 12.1 Å². The third kappa shape index (κ3) is 3.68. The fraction of sp³-hybridized carbons (Fsp3) is 0.312. The number of carbonyl (C=O) groups is 2. The summed E-state index contributed by atoms with van der Waals surface area (Å²) in [6.45, 7) is 0.717. The maximum absolute atomic E-state index is 11.9. The largest absolute Gasteiger partial charge is 0.476 e. The van der Waals surface area contributed by atoms with Gasteiger partial charge in [0.15, 0.2) is 5.69 Å². The first-order chi connectivity index (χ1) is 11.1. The molecule has 1 amide bonds. The lowest BCUT2D eigenvalue weighted by Crippen LogP contribution is -2.41. The van der Waals surface area contributed by atoms with E-state index in [-0.39, 0.29) is 18.3 Å². The van der Waals surface area contributed by atoms with E-state index in [0.29, 0.717) is 19.4 Å². The summed E-state index contributed by atoms with van der Waals surface area (Å²) in [6, 6.07) is 9.36. The van der Waals surface area contributed by atoms with Gasteiger partial charge in [-0.3, -0.25) is 0 Å². The van der Waals surface area contributed by atoms with Crippen molar-refractivity contribution in [2.45, 2.75) is 32.0 Å². The number of amides is 1. The summed E-state index contributed by atoms with van der Waals surface area (Å²) >= 11 is 0. The molecule has 2 N–H and O–H groups in total. The number of aromatic nitrogens is 2. The first kappa shape index (κ1) is 15.1. The molecule has 0 fully saturated rings. The lowest BCUT2D eigenvalue weighted by Gasteiger charge is -2.24. The molecule has 1 aromatic heterocycles. The number of imidazole rings is 1. The van der Waals surface area contributed by atoms with Crippen LogP contribution in [0.5, 0.6) is 0 Å². The number of aryl methyl sites for hydroxylation is 1. The molecule has 0 aliphatic carbocycles. The Labute approximate surface area is 132 Å². The van der Waals surface area contributed by atoms with Gasteiger partial charge in [0.25, 0.3) is 0 Å². The molecule has 0 saturated carbocycles. The van der Waals surface area contributed by atoms with Crippen molar-refractivity contribution in [2.24, 2.45) is 0 Å². The fourth-order valence-electron chi connectivity index (χ4n) is 2.60. The van der Waals surface area contributed by atoms with Crippen molar-refractivity contribution < 1.29 is 19.4 Å². The maximum Gasteiger partial charge on any atom is 0.407 e. The highest BCUT2D eigenvalue weighted by Crippen LogP contribution is 2.15. The van der Waals surface area contributed by atoms with E-state index in [2.05, 4.69) is 10.3 Å². The minimum absolute atomic E-state index is 0.0345. The number of carbonyl (C=O) groups excluding carboxylic acids is 1. The molecule has 7 nitrogen and oxygen atoms in total. The molecule has 120 valence electrons. The van der Waals surface area contributed by atoms with Gasteiger partial charge in [-0.1, -0.05) is 30.3 Å². The molecule has 23 heavy (non-hydrogen) atoms. The van der Waals surface area contributed by atoms with E-state index in [1.54, 1.807) is 4.57 Å². The second-order valence-electron chi connectivity index (χ2n) is 5.44. The van der Waals surface area contributed by atoms with Crippen LogP contribution in [0.1, 0.15) is 28.3 Å². The Morgan fingerprint density at radius 3 is 2.87 bits per heavy atom. The summed E-state index contributed by atoms with van der Waals surface area (Å²) in [4.78, 5) is 26.8. The highest BCUT2D eigenvalue weighted by molar-refractivity contribution is 5.85. The third-order valence-electron chi connectivity index (χ3n) is 3.75. The molecule has 3 rings (SSSR count).